The van der Waals surface area contributed by atoms with E-state index in [9.17, 15) is 0 Å². The minimum Gasteiger partial charge on any atom is -0.398 e. The summed E-state index contributed by atoms with van der Waals surface area (Å²) in [6.45, 7) is 6.15. The number of hydrogen-bond acceptors (Lipinski definition) is 1. The second-order valence-electron chi connectivity index (χ2n) is 6.05. The minimum absolute atomic E-state index is 0.920. The third kappa shape index (κ3) is 7.36. The van der Waals surface area contributed by atoms with Crippen molar-refractivity contribution in [3.8, 4) is 0 Å². The zero-order valence-corrected chi connectivity index (χ0v) is 13.9. The van der Waals surface area contributed by atoms with E-state index in [-0.39, 0.29) is 0 Å². The lowest BCUT2D eigenvalue weighted by atomic mass is 9.98. The van der Waals surface area contributed by atoms with Crippen LogP contribution < -0.4 is 5.73 Å². The summed E-state index contributed by atoms with van der Waals surface area (Å²) in [4.78, 5) is 0. The van der Waals surface area contributed by atoms with Crippen LogP contribution in [0.4, 0.5) is 5.69 Å². The SMILES string of the molecule is C=Cc1cccc(N)c1CCCCCCCCCCCC. The fraction of sp³-hybridized carbons (Fsp3) is 0.600. The van der Waals surface area contributed by atoms with Gasteiger partial charge in [0.2, 0.25) is 0 Å². The highest BCUT2D eigenvalue weighted by molar-refractivity contribution is 5.61. The first kappa shape index (κ1) is 17.8. The van der Waals surface area contributed by atoms with Crippen LogP contribution in [-0.2, 0) is 6.42 Å². The molecule has 1 aromatic carbocycles. The van der Waals surface area contributed by atoms with E-state index in [1.807, 2.05) is 18.2 Å². The Bertz CT molecular complexity index is 395. The molecule has 1 nitrogen and oxygen atoms in total. The fourth-order valence-corrected chi connectivity index (χ4v) is 2.89. The summed E-state index contributed by atoms with van der Waals surface area (Å²) < 4.78 is 0. The predicted molar refractivity (Wildman–Crippen MR) is 96.5 cm³/mol. The molecule has 0 unspecified atom stereocenters. The van der Waals surface area contributed by atoms with Crippen LogP contribution in [0.1, 0.15) is 82.3 Å². The summed E-state index contributed by atoms with van der Waals surface area (Å²) in [5.41, 5.74) is 9.47. The average molecular weight is 287 g/mol. The van der Waals surface area contributed by atoms with Gasteiger partial charge in [-0.25, -0.2) is 0 Å². The number of nitrogen functional groups attached to an aromatic ring is 1. The summed E-state index contributed by atoms with van der Waals surface area (Å²) in [6, 6.07) is 6.11. The van der Waals surface area contributed by atoms with Crippen molar-refractivity contribution in [1.29, 1.82) is 0 Å². The van der Waals surface area contributed by atoms with E-state index < -0.39 is 0 Å². The lowest BCUT2D eigenvalue weighted by Crippen LogP contribution is -1.97. The molecule has 0 aromatic heterocycles. The first-order valence-electron chi connectivity index (χ1n) is 8.79. The maximum Gasteiger partial charge on any atom is 0.0352 e. The van der Waals surface area contributed by atoms with E-state index >= 15 is 0 Å². The van der Waals surface area contributed by atoms with Gasteiger partial charge in [-0.1, -0.05) is 89.5 Å². The molecule has 0 spiro atoms. The van der Waals surface area contributed by atoms with Crippen LogP contribution in [0.25, 0.3) is 6.08 Å². The van der Waals surface area contributed by atoms with Crippen molar-refractivity contribution in [2.75, 3.05) is 5.73 Å². The van der Waals surface area contributed by atoms with Crippen molar-refractivity contribution in [1.82, 2.24) is 0 Å². The van der Waals surface area contributed by atoms with Gasteiger partial charge in [-0.15, -0.1) is 0 Å². The standard InChI is InChI=1S/C20H33N/c1-3-5-6-7-8-9-10-11-12-13-16-19-18(4-2)15-14-17-20(19)21/h4,14-15,17H,2-3,5-13,16,21H2,1H3. The van der Waals surface area contributed by atoms with Gasteiger partial charge in [-0.2, -0.15) is 0 Å². The number of nitrogens with two attached hydrogens (primary N) is 1. The van der Waals surface area contributed by atoms with Crippen molar-refractivity contribution in [3.63, 3.8) is 0 Å². The van der Waals surface area contributed by atoms with Gasteiger partial charge in [-0.05, 0) is 30.0 Å². The first-order valence-corrected chi connectivity index (χ1v) is 8.79. The Labute approximate surface area is 131 Å². The van der Waals surface area contributed by atoms with Gasteiger partial charge < -0.3 is 5.73 Å². The van der Waals surface area contributed by atoms with Crippen LogP contribution >= 0.6 is 0 Å². The Morgan fingerprint density at radius 3 is 2.05 bits per heavy atom. The maximum atomic E-state index is 6.07. The van der Waals surface area contributed by atoms with Crippen LogP contribution in [0.3, 0.4) is 0 Å². The van der Waals surface area contributed by atoms with Crippen LogP contribution in [0.5, 0.6) is 0 Å². The summed E-state index contributed by atoms with van der Waals surface area (Å²) in [5, 5.41) is 0. The predicted octanol–water partition coefficient (Wildman–Crippen LogP) is 6.38. The monoisotopic (exact) mass is 287 g/mol. The molecule has 118 valence electrons. The molecular formula is C20H33N. The van der Waals surface area contributed by atoms with Crippen molar-refractivity contribution in [2.24, 2.45) is 0 Å². The summed E-state index contributed by atoms with van der Waals surface area (Å²) in [7, 11) is 0. The molecule has 2 N–H and O–H groups in total. The molecule has 1 aromatic rings. The smallest absolute Gasteiger partial charge is 0.0352 e. The zero-order chi connectivity index (χ0) is 15.3. The van der Waals surface area contributed by atoms with Gasteiger partial charge >= 0.3 is 0 Å². The molecule has 0 aliphatic carbocycles. The Hall–Kier alpha value is -1.24. The largest absolute Gasteiger partial charge is 0.398 e. The van der Waals surface area contributed by atoms with E-state index in [1.54, 1.807) is 0 Å². The average Bonchev–Trinajstić information content (AvgIpc) is 2.50. The molecule has 0 aliphatic heterocycles. The molecule has 0 radical (unpaired) electrons. The van der Waals surface area contributed by atoms with Crippen LogP contribution in [0.15, 0.2) is 24.8 Å². The van der Waals surface area contributed by atoms with Crippen LogP contribution in [0, 0.1) is 0 Å². The molecule has 1 rings (SSSR count). The van der Waals surface area contributed by atoms with E-state index in [2.05, 4.69) is 19.6 Å². The van der Waals surface area contributed by atoms with Crippen molar-refractivity contribution < 1.29 is 0 Å². The fourth-order valence-electron chi connectivity index (χ4n) is 2.89. The van der Waals surface area contributed by atoms with Crippen molar-refractivity contribution in [3.05, 3.63) is 35.9 Å². The topological polar surface area (TPSA) is 26.0 Å². The molecule has 0 aliphatic rings. The number of benzene rings is 1. The number of hydrogen-bond donors (Lipinski definition) is 1. The highest BCUT2D eigenvalue weighted by Gasteiger charge is 2.03. The molecule has 0 heterocycles. The molecule has 1 heteroatoms. The Morgan fingerprint density at radius 1 is 0.905 bits per heavy atom. The Balaban J connectivity index is 2.08. The Kier molecular flexibility index (Phi) is 9.69. The van der Waals surface area contributed by atoms with Gasteiger partial charge in [0.05, 0.1) is 0 Å². The number of unbranched alkanes of at least 4 members (excludes halogenated alkanes) is 9. The van der Waals surface area contributed by atoms with Crippen LogP contribution in [0.2, 0.25) is 0 Å². The van der Waals surface area contributed by atoms with Crippen molar-refractivity contribution >= 4 is 11.8 Å². The van der Waals surface area contributed by atoms with Crippen LogP contribution in [-0.4, -0.2) is 0 Å². The molecule has 0 atom stereocenters. The van der Waals surface area contributed by atoms with Gasteiger partial charge in [-0.3, -0.25) is 0 Å². The summed E-state index contributed by atoms with van der Waals surface area (Å²) in [5.74, 6) is 0. The van der Waals surface area contributed by atoms with E-state index in [4.69, 9.17) is 5.73 Å². The first-order chi connectivity index (χ1) is 10.3. The minimum atomic E-state index is 0.920. The summed E-state index contributed by atoms with van der Waals surface area (Å²) >= 11 is 0. The van der Waals surface area contributed by atoms with E-state index in [0.717, 1.165) is 12.1 Å². The lowest BCUT2D eigenvalue weighted by Gasteiger charge is -2.09. The number of rotatable bonds is 12. The van der Waals surface area contributed by atoms with Crippen molar-refractivity contribution in [2.45, 2.75) is 77.6 Å². The van der Waals surface area contributed by atoms with Gasteiger partial charge in [0.15, 0.2) is 0 Å². The highest BCUT2D eigenvalue weighted by atomic mass is 14.6. The lowest BCUT2D eigenvalue weighted by molar-refractivity contribution is 0.556. The normalized spacial score (nSPS) is 10.7. The van der Waals surface area contributed by atoms with E-state index in [1.165, 1.54) is 75.3 Å². The molecule has 21 heavy (non-hydrogen) atoms. The molecule has 0 fully saturated rings. The van der Waals surface area contributed by atoms with Gasteiger partial charge in [0.1, 0.15) is 0 Å². The van der Waals surface area contributed by atoms with E-state index in [0.29, 0.717) is 0 Å². The highest BCUT2D eigenvalue weighted by Crippen LogP contribution is 2.21. The molecule has 0 amide bonds. The maximum absolute atomic E-state index is 6.07. The Morgan fingerprint density at radius 2 is 1.48 bits per heavy atom. The molecule has 0 bridgehead atoms. The molecule has 0 saturated carbocycles. The molecule has 0 saturated heterocycles. The number of anilines is 1. The third-order valence-corrected chi connectivity index (χ3v) is 4.25. The van der Waals surface area contributed by atoms with Gasteiger partial charge in [0, 0.05) is 5.69 Å². The second-order valence-corrected chi connectivity index (χ2v) is 6.05. The summed E-state index contributed by atoms with van der Waals surface area (Å²) in [6.07, 6.45) is 16.8. The van der Waals surface area contributed by atoms with Gasteiger partial charge in [0.25, 0.3) is 0 Å². The third-order valence-electron chi connectivity index (χ3n) is 4.25. The quantitative estimate of drug-likeness (QED) is 0.350. The zero-order valence-electron chi connectivity index (χ0n) is 13.9. The molecular weight excluding hydrogens is 254 g/mol. The second kappa shape index (κ2) is 11.4.